The number of ether oxygens (including phenoxy) is 2. The minimum Gasteiger partial charge on any atom is -0.477 e. The van der Waals surface area contributed by atoms with Gasteiger partial charge in [-0.2, -0.15) is 0 Å². The maximum absolute atomic E-state index is 5.21. The molecule has 6 heteroatoms. The van der Waals surface area contributed by atoms with Gasteiger partial charge >= 0.3 is 0 Å². The van der Waals surface area contributed by atoms with E-state index < -0.39 is 0 Å². The molecule has 0 saturated heterocycles. The van der Waals surface area contributed by atoms with E-state index in [0.29, 0.717) is 11.8 Å². The topological polar surface area (TPSA) is 56.3 Å². The van der Waals surface area contributed by atoms with E-state index in [4.69, 9.17) is 9.47 Å². The zero-order valence-electron chi connectivity index (χ0n) is 11.3. The van der Waals surface area contributed by atoms with E-state index in [9.17, 15) is 0 Å². The molecule has 1 aliphatic heterocycles. The first-order valence-corrected chi connectivity index (χ1v) is 7.14. The second-order valence-electron chi connectivity index (χ2n) is 4.30. The molecule has 104 valence electrons. The van der Waals surface area contributed by atoms with Crippen LogP contribution in [0.5, 0.6) is 11.8 Å². The number of hydrogen-bond donors (Lipinski definition) is 1. The van der Waals surface area contributed by atoms with Crippen LogP contribution in [0, 0.1) is 0 Å². The van der Waals surface area contributed by atoms with Crippen LogP contribution in [0.15, 0.2) is 35.4 Å². The fourth-order valence-corrected chi connectivity index (χ4v) is 3.21. The summed E-state index contributed by atoms with van der Waals surface area (Å²) in [5.74, 6) is 0.829. The predicted octanol–water partition coefficient (Wildman–Crippen LogP) is 2.75. The van der Waals surface area contributed by atoms with Gasteiger partial charge in [0.15, 0.2) is 0 Å². The number of fused-ring (bicyclic) bond motifs is 1. The lowest BCUT2D eigenvalue weighted by atomic mass is 10.2. The molecule has 1 N–H and O–H groups in total. The molecule has 2 heterocycles. The Hall–Kier alpha value is -1.95. The monoisotopic (exact) mass is 289 g/mol. The highest BCUT2D eigenvalue weighted by molar-refractivity contribution is 7.99. The van der Waals surface area contributed by atoms with E-state index in [2.05, 4.69) is 27.4 Å². The number of benzene rings is 1. The molecule has 0 fully saturated rings. The Bertz CT molecular complexity index is 621. The molecule has 2 aromatic rings. The SMILES string of the molecule is COc1ncc(C2CNc3ccccc3S2)nc1OC. The van der Waals surface area contributed by atoms with Gasteiger partial charge in [0.1, 0.15) is 0 Å². The highest BCUT2D eigenvalue weighted by Gasteiger charge is 2.23. The largest absolute Gasteiger partial charge is 0.477 e. The summed E-state index contributed by atoms with van der Waals surface area (Å²) in [6.45, 7) is 0.811. The van der Waals surface area contributed by atoms with Crippen molar-refractivity contribution in [1.82, 2.24) is 9.97 Å². The number of rotatable bonds is 3. The molecule has 0 bridgehead atoms. The van der Waals surface area contributed by atoms with E-state index in [1.165, 1.54) is 10.6 Å². The van der Waals surface area contributed by atoms with Gasteiger partial charge in [-0.1, -0.05) is 12.1 Å². The number of para-hydroxylation sites is 1. The molecule has 0 saturated carbocycles. The van der Waals surface area contributed by atoms with Gasteiger partial charge in [-0.3, -0.25) is 0 Å². The average Bonchev–Trinajstić information content (AvgIpc) is 2.53. The number of nitrogens with zero attached hydrogens (tertiary/aromatic N) is 2. The number of nitrogens with one attached hydrogen (secondary N) is 1. The smallest absolute Gasteiger partial charge is 0.278 e. The standard InChI is InChI=1S/C14H15N3O2S/c1-18-13-14(19-2)17-10(7-16-13)12-8-15-9-5-3-4-6-11(9)20-12/h3-7,12,15H,8H2,1-2H3. The van der Waals surface area contributed by atoms with Crippen molar-refractivity contribution in [3.63, 3.8) is 0 Å². The third-order valence-electron chi connectivity index (χ3n) is 3.08. The summed E-state index contributed by atoms with van der Waals surface area (Å²) in [5, 5.41) is 3.62. The minimum absolute atomic E-state index is 0.206. The van der Waals surface area contributed by atoms with Crippen LogP contribution in [0.3, 0.4) is 0 Å². The molecule has 1 aliphatic rings. The highest BCUT2D eigenvalue weighted by atomic mass is 32.2. The molecule has 0 aliphatic carbocycles. The van der Waals surface area contributed by atoms with Gasteiger partial charge in [0.25, 0.3) is 11.8 Å². The fraction of sp³-hybridized carbons (Fsp3) is 0.286. The molecule has 1 aromatic carbocycles. The molecule has 0 radical (unpaired) electrons. The summed E-state index contributed by atoms with van der Waals surface area (Å²) < 4.78 is 10.3. The molecule has 0 spiro atoms. The van der Waals surface area contributed by atoms with Crippen molar-refractivity contribution in [3.8, 4) is 11.8 Å². The number of anilines is 1. The molecular formula is C14H15N3O2S. The molecular weight excluding hydrogens is 274 g/mol. The second kappa shape index (κ2) is 5.58. The fourth-order valence-electron chi connectivity index (χ4n) is 2.08. The Kier molecular flexibility index (Phi) is 3.64. The van der Waals surface area contributed by atoms with Crippen molar-refractivity contribution in [1.29, 1.82) is 0 Å². The summed E-state index contributed by atoms with van der Waals surface area (Å²) in [7, 11) is 3.12. The van der Waals surface area contributed by atoms with E-state index >= 15 is 0 Å². The highest BCUT2D eigenvalue weighted by Crippen LogP contribution is 2.42. The maximum atomic E-state index is 5.21. The van der Waals surface area contributed by atoms with Crippen molar-refractivity contribution in [3.05, 3.63) is 36.2 Å². The zero-order chi connectivity index (χ0) is 13.9. The van der Waals surface area contributed by atoms with E-state index in [1.807, 2.05) is 12.1 Å². The van der Waals surface area contributed by atoms with Crippen molar-refractivity contribution in [2.45, 2.75) is 10.1 Å². The molecule has 1 unspecified atom stereocenters. The maximum Gasteiger partial charge on any atom is 0.278 e. The first-order valence-electron chi connectivity index (χ1n) is 6.26. The van der Waals surface area contributed by atoms with E-state index in [0.717, 1.165) is 12.2 Å². The number of methoxy groups -OCH3 is 2. The van der Waals surface area contributed by atoms with Crippen LogP contribution in [0.2, 0.25) is 0 Å². The number of hydrogen-bond acceptors (Lipinski definition) is 6. The summed E-state index contributed by atoms with van der Waals surface area (Å²) in [5.41, 5.74) is 2.05. The summed E-state index contributed by atoms with van der Waals surface area (Å²) in [6.07, 6.45) is 1.74. The van der Waals surface area contributed by atoms with Crippen LogP contribution in [0.1, 0.15) is 10.9 Å². The summed E-state index contributed by atoms with van der Waals surface area (Å²) >= 11 is 1.78. The quantitative estimate of drug-likeness (QED) is 0.937. The van der Waals surface area contributed by atoms with Crippen LogP contribution in [-0.4, -0.2) is 30.7 Å². The lowest BCUT2D eigenvalue weighted by Gasteiger charge is -2.25. The van der Waals surface area contributed by atoms with Crippen LogP contribution < -0.4 is 14.8 Å². The minimum atomic E-state index is 0.206. The van der Waals surface area contributed by atoms with Gasteiger partial charge in [-0.15, -0.1) is 11.8 Å². The Balaban J connectivity index is 1.88. The summed E-state index contributed by atoms with van der Waals surface area (Å²) in [4.78, 5) is 9.96. The molecule has 0 amide bonds. The first kappa shape index (κ1) is 13.1. The number of aromatic nitrogens is 2. The normalized spacial score (nSPS) is 17.0. The van der Waals surface area contributed by atoms with Gasteiger partial charge < -0.3 is 14.8 Å². The Labute approximate surface area is 121 Å². The number of thioether (sulfide) groups is 1. The predicted molar refractivity (Wildman–Crippen MR) is 78.7 cm³/mol. The molecule has 1 aromatic heterocycles. The molecule has 3 rings (SSSR count). The van der Waals surface area contributed by atoms with Crippen LogP contribution in [0.4, 0.5) is 5.69 Å². The Morgan fingerprint density at radius 1 is 1.20 bits per heavy atom. The lowest BCUT2D eigenvalue weighted by Crippen LogP contribution is -2.16. The van der Waals surface area contributed by atoms with Crippen LogP contribution in [0.25, 0.3) is 0 Å². The van der Waals surface area contributed by atoms with Crippen LogP contribution in [-0.2, 0) is 0 Å². The van der Waals surface area contributed by atoms with Crippen LogP contribution >= 0.6 is 11.8 Å². The van der Waals surface area contributed by atoms with Gasteiger partial charge in [-0.25, -0.2) is 9.97 Å². The van der Waals surface area contributed by atoms with E-state index in [-0.39, 0.29) is 5.25 Å². The molecule has 20 heavy (non-hydrogen) atoms. The Morgan fingerprint density at radius 3 is 2.80 bits per heavy atom. The van der Waals surface area contributed by atoms with Crippen molar-refractivity contribution < 1.29 is 9.47 Å². The second-order valence-corrected chi connectivity index (χ2v) is 5.54. The van der Waals surface area contributed by atoms with Crippen molar-refractivity contribution in [2.24, 2.45) is 0 Å². The van der Waals surface area contributed by atoms with Crippen molar-refractivity contribution >= 4 is 17.4 Å². The Morgan fingerprint density at radius 2 is 2.00 bits per heavy atom. The summed E-state index contributed by atoms with van der Waals surface area (Å²) in [6, 6.07) is 8.26. The van der Waals surface area contributed by atoms with Gasteiger partial charge in [0, 0.05) is 17.1 Å². The van der Waals surface area contributed by atoms with Gasteiger partial charge in [0.05, 0.1) is 31.4 Å². The first-order chi connectivity index (χ1) is 9.81. The third-order valence-corrected chi connectivity index (χ3v) is 4.38. The lowest BCUT2D eigenvalue weighted by molar-refractivity contribution is 0.330. The van der Waals surface area contributed by atoms with Gasteiger partial charge in [-0.05, 0) is 12.1 Å². The molecule has 5 nitrogen and oxygen atoms in total. The van der Waals surface area contributed by atoms with Gasteiger partial charge in [0.2, 0.25) is 0 Å². The third kappa shape index (κ3) is 2.38. The molecule has 1 atom stereocenters. The van der Waals surface area contributed by atoms with Crippen molar-refractivity contribution in [2.75, 3.05) is 26.1 Å². The van der Waals surface area contributed by atoms with E-state index in [1.54, 1.807) is 32.2 Å². The zero-order valence-corrected chi connectivity index (χ0v) is 12.1. The average molecular weight is 289 g/mol.